The summed E-state index contributed by atoms with van der Waals surface area (Å²) in [6, 6.07) is 55.3. The smallest absolute Gasteiger partial charge is 0.194 e. The highest BCUT2D eigenvalue weighted by molar-refractivity contribution is 8.00. The Kier molecular flexibility index (Phi) is 5.77. The molecule has 0 aromatic heterocycles. The van der Waals surface area contributed by atoms with Gasteiger partial charge >= 0.3 is 0 Å². The van der Waals surface area contributed by atoms with E-state index in [1.807, 2.05) is 78.5 Å². The lowest BCUT2D eigenvalue weighted by Crippen LogP contribution is -2.47. The molecule has 0 radical (unpaired) electrons. The predicted octanol–water partition coefficient (Wildman–Crippen LogP) is 9.13. The number of fused-ring (bicyclic) bond motifs is 7. The fourth-order valence-electron chi connectivity index (χ4n) is 9.25. The van der Waals surface area contributed by atoms with Crippen molar-refractivity contribution in [1.82, 2.24) is 0 Å². The molecule has 0 amide bonds. The normalized spacial score (nSPS) is 24.3. The molecule has 1 saturated heterocycles. The van der Waals surface area contributed by atoms with E-state index in [0.717, 1.165) is 28.0 Å². The molecule has 48 heavy (non-hydrogen) atoms. The first-order valence-corrected chi connectivity index (χ1v) is 17.3. The number of hydrogen-bond acceptors (Lipinski definition) is 4. The maximum absolute atomic E-state index is 15.4. The van der Waals surface area contributed by atoms with E-state index in [1.54, 1.807) is 0 Å². The first kappa shape index (κ1) is 27.6. The average Bonchev–Trinajstić information content (AvgIpc) is 3.44. The van der Waals surface area contributed by atoms with E-state index in [9.17, 15) is 4.79 Å². The predicted molar refractivity (Wildman–Crippen MR) is 192 cm³/mol. The van der Waals surface area contributed by atoms with Gasteiger partial charge in [-0.1, -0.05) is 163 Å². The number of anilines is 1. The third kappa shape index (κ3) is 3.30. The molecule has 4 aliphatic rings. The van der Waals surface area contributed by atoms with E-state index < -0.39 is 16.9 Å². The molecule has 0 N–H and O–H groups in total. The highest BCUT2D eigenvalue weighted by Crippen LogP contribution is 2.84. The van der Waals surface area contributed by atoms with Gasteiger partial charge in [-0.3, -0.25) is 9.59 Å². The van der Waals surface area contributed by atoms with Crippen molar-refractivity contribution in [3.8, 4) is 0 Å². The summed E-state index contributed by atoms with van der Waals surface area (Å²) in [6.45, 7) is 0. The third-order valence-electron chi connectivity index (χ3n) is 10.9. The van der Waals surface area contributed by atoms with Gasteiger partial charge < -0.3 is 4.90 Å². The van der Waals surface area contributed by atoms with Gasteiger partial charge in [0.2, 0.25) is 0 Å². The molecule has 3 nitrogen and oxygen atoms in total. The fourth-order valence-corrected chi connectivity index (χ4v) is 10.9. The van der Waals surface area contributed by atoms with Gasteiger partial charge in [-0.25, -0.2) is 0 Å². The lowest BCUT2D eigenvalue weighted by molar-refractivity contribution is 0.0947. The minimum absolute atomic E-state index is 0.0417. The maximum atomic E-state index is 15.4. The summed E-state index contributed by atoms with van der Waals surface area (Å²) in [5, 5.41) is -0.102. The molecule has 6 aromatic rings. The van der Waals surface area contributed by atoms with Gasteiger partial charge in [0.1, 0.15) is 6.04 Å². The number of carbonyl (C=O) groups is 2. The minimum Gasteiger partial charge on any atom is -0.345 e. The largest absolute Gasteiger partial charge is 0.345 e. The quantitative estimate of drug-likeness (QED) is 0.181. The van der Waals surface area contributed by atoms with Crippen molar-refractivity contribution in [2.45, 2.75) is 27.1 Å². The van der Waals surface area contributed by atoms with Crippen LogP contribution < -0.4 is 4.90 Å². The molecule has 2 aliphatic heterocycles. The second-order valence-electron chi connectivity index (χ2n) is 13.0. The Morgan fingerprint density at radius 2 is 1.02 bits per heavy atom. The van der Waals surface area contributed by atoms with E-state index in [-0.39, 0.29) is 16.9 Å². The maximum Gasteiger partial charge on any atom is 0.194 e. The summed E-state index contributed by atoms with van der Waals surface area (Å²) in [5.74, 6) is 0.142. The average molecular weight is 636 g/mol. The molecule has 0 bridgehead atoms. The Morgan fingerprint density at radius 1 is 0.542 bits per heavy atom. The number of nitrogens with zero attached hydrogens (tertiary/aromatic N) is 1. The fraction of sp³-hybridized carbons (Fsp3) is 0.0909. The van der Waals surface area contributed by atoms with Crippen LogP contribution in [0.2, 0.25) is 0 Å². The van der Waals surface area contributed by atoms with E-state index in [2.05, 4.69) is 102 Å². The van der Waals surface area contributed by atoms with Crippen molar-refractivity contribution in [2.75, 3.05) is 4.90 Å². The lowest BCUT2D eigenvalue weighted by atomic mass is 9.76. The number of benzene rings is 6. The van der Waals surface area contributed by atoms with Gasteiger partial charge in [-0.15, -0.1) is 0 Å². The number of ketones is 2. The summed E-state index contributed by atoms with van der Waals surface area (Å²) in [7, 11) is 0. The highest BCUT2D eigenvalue weighted by Gasteiger charge is 2.88. The SMILES string of the molecule is O=C1c2ccccc2C(=C2[C@]3(c4ccccc4)[C@H]4Sc5ccccc5N4[C@H](C(=O)c4ccccc4)[C@]23c2ccccc2)c2ccccc21. The summed E-state index contributed by atoms with van der Waals surface area (Å²) >= 11 is 1.86. The molecule has 0 spiro atoms. The molecule has 2 fully saturated rings. The van der Waals surface area contributed by atoms with E-state index in [4.69, 9.17) is 0 Å². The van der Waals surface area contributed by atoms with Crippen molar-refractivity contribution < 1.29 is 9.59 Å². The van der Waals surface area contributed by atoms with E-state index >= 15 is 4.79 Å². The number of para-hydroxylation sites is 1. The zero-order valence-corrected chi connectivity index (χ0v) is 26.7. The Labute approximate surface area is 283 Å². The summed E-state index contributed by atoms with van der Waals surface area (Å²) in [4.78, 5) is 33.1. The van der Waals surface area contributed by atoms with Crippen LogP contribution in [0.4, 0.5) is 5.69 Å². The van der Waals surface area contributed by atoms with Crippen LogP contribution >= 0.6 is 11.8 Å². The number of thioether (sulfide) groups is 1. The van der Waals surface area contributed by atoms with Gasteiger partial charge in [-0.2, -0.15) is 0 Å². The van der Waals surface area contributed by atoms with E-state index in [1.165, 1.54) is 16.0 Å². The molecule has 4 heteroatoms. The first-order valence-electron chi connectivity index (χ1n) is 16.4. The lowest BCUT2D eigenvalue weighted by Gasteiger charge is -2.35. The van der Waals surface area contributed by atoms with Gasteiger partial charge in [-0.05, 0) is 45.5 Å². The standard InChI is InChI=1S/C44H29NO2S/c46-38(28-16-4-1-5-17-28)41-43(29-18-6-2-7-19-29)40(37-31-22-10-12-24-33(31)39(47)34-25-13-11-23-32(34)37)44(43,30-20-8-3-9-21-30)42-45(41)35-26-14-15-27-36(35)48-42/h1-27,41-42H/t41-,42-,43+,44-/m1/s1. The molecule has 6 aromatic carbocycles. The van der Waals surface area contributed by atoms with Crippen molar-refractivity contribution in [2.24, 2.45) is 0 Å². The number of piperidine rings is 1. The number of Topliss-reactive ketones (excluding diaryl/α,β-unsaturated/α-hetero) is 1. The second kappa shape index (κ2) is 10.0. The van der Waals surface area contributed by atoms with Crippen molar-refractivity contribution in [3.63, 3.8) is 0 Å². The summed E-state index contributed by atoms with van der Waals surface area (Å²) in [5.41, 5.74) is 8.37. The molecule has 10 rings (SSSR count). The summed E-state index contributed by atoms with van der Waals surface area (Å²) < 4.78 is 0. The number of carbonyl (C=O) groups excluding carboxylic acids is 2. The second-order valence-corrected chi connectivity index (χ2v) is 14.1. The number of hydrogen-bond donors (Lipinski definition) is 0. The molecule has 2 aliphatic carbocycles. The van der Waals surface area contributed by atoms with Crippen LogP contribution in [0.25, 0.3) is 5.57 Å². The molecular weight excluding hydrogens is 607 g/mol. The van der Waals surface area contributed by atoms with E-state index in [0.29, 0.717) is 16.7 Å². The Morgan fingerprint density at radius 3 is 1.62 bits per heavy atom. The van der Waals surface area contributed by atoms with Crippen LogP contribution in [0, 0.1) is 0 Å². The van der Waals surface area contributed by atoms with Gasteiger partial charge in [0, 0.05) is 21.6 Å². The first-order chi connectivity index (χ1) is 23.7. The van der Waals surface area contributed by atoms with Crippen LogP contribution in [-0.2, 0) is 10.8 Å². The van der Waals surface area contributed by atoms with Gasteiger partial charge in [0.25, 0.3) is 0 Å². The van der Waals surface area contributed by atoms with Gasteiger partial charge in [0.15, 0.2) is 11.6 Å². The highest BCUT2D eigenvalue weighted by atomic mass is 32.2. The van der Waals surface area contributed by atoms with Crippen molar-refractivity contribution in [1.29, 1.82) is 0 Å². The molecule has 1 saturated carbocycles. The summed E-state index contributed by atoms with van der Waals surface area (Å²) in [6.07, 6.45) is 0. The number of rotatable bonds is 4. The minimum atomic E-state index is -0.732. The molecular formula is C44H29NO2S. The zero-order valence-electron chi connectivity index (χ0n) is 25.9. The molecule has 2 heterocycles. The molecule has 228 valence electrons. The Balaban J connectivity index is 1.41. The third-order valence-corrected chi connectivity index (χ3v) is 12.3. The molecule has 0 unspecified atom stereocenters. The Hall–Kier alpha value is -5.45. The van der Waals surface area contributed by atoms with Crippen LogP contribution in [-0.4, -0.2) is 23.0 Å². The van der Waals surface area contributed by atoms with Crippen LogP contribution in [0.15, 0.2) is 174 Å². The van der Waals surface area contributed by atoms with Crippen molar-refractivity contribution >= 4 is 34.6 Å². The zero-order chi connectivity index (χ0) is 32.0. The Bertz CT molecular complexity index is 2280. The topological polar surface area (TPSA) is 37.4 Å². The van der Waals surface area contributed by atoms with Crippen LogP contribution in [0.1, 0.15) is 48.5 Å². The molecule has 4 atom stereocenters. The van der Waals surface area contributed by atoms with Crippen LogP contribution in [0.5, 0.6) is 0 Å². The monoisotopic (exact) mass is 635 g/mol. The van der Waals surface area contributed by atoms with Crippen molar-refractivity contribution in [3.05, 3.63) is 208 Å². The van der Waals surface area contributed by atoms with Crippen LogP contribution in [0.3, 0.4) is 0 Å². The van der Waals surface area contributed by atoms with Gasteiger partial charge in [0.05, 0.1) is 21.9 Å².